The molecule has 0 aliphatic heterocycles. The minimum atomic E-state index is -0.251. The molecule has 0 radical (unpaired) electrons. The zero-order valence-electron chi connectivity index (χ0n) is 19.9. The number of aromatic nitrogens is 3. The minimum absolute atomic E-state index is 0.0810. The number of carbonyl (C=O) groups excluding carboxylic acids is 2. The highest BCUT2D eigenvalue weighted by Crippen LogP contribution is 2.25. The fraction of sp³-hybridized carbons (Fsp3) is 0.360. The molecule has 0 bridgehead atoms. The summed E-state index contributed by atoms with van der Waals surface area (Å²) in [4.78, 5) is 24.7. The first-order chi connectivity index (χ1) is 15.8. The van der Waals surface area contributed by atoms with E-state index in [2.05, 4.69) is 33.8 Å². The number of hydrogen-bond acceptors (Lipinski definition) is 5. The van der Waals surface area contributed by atoms with E-state index in [-0.39, 0.29) is 24.1 Å². The summed E-state index contributed by atoms with van der Waals surface area (Å²) in [6.07, 6.45) is 0.925. The molecular formula is C25H31N5O2S. The van der Waals surface area contributed by atoms with E-state index >= 15 is 0 Å². The van der Waals surface area contributed by atoms with Gasteiger partial charge in [-0.25, -0.2) is 0 Å². The molecule has 2 N–H and O–H groups in total. The third-order valence-electron chi connectivity index (χ3n) is 5.16. The molecule has 2 aromatic carbocycles. The van der Waals surface area contributed by atoms with Crippen molar-refractivity contribution in [2.24, 2.45) is 0 Å². The van der Waals surface area contributed by atoms with Crippen molar-refractivity contribution in [3.8, 4) is 11.4 Å². The molecule has 0 saturated carbocycles. The topological polar surface area (TPSA) is 88.9 Å². The number of anilines is 1. The molecule has 8 heteroatoms. The lowest BCUT2D eigenvalue weighted by molar-refractivity contribution is -0.122. The van der Waals surface area contributed by atoms with Crippen LogP contribution in [0.2, 0.25) is 0 Å². The van der Waals surface area contributed by atoms with E-state index in [9.17, 15) is 9.59 Å². The van der Waals surface area contributed by atoms with E-state index in [1.807, 2.05) is 62.6 Å². The van der Waals surface area contributed by atoms with Crippen LogP contribution >= 0.6 is 11.8 Å². The van der Waals surface area contributed by atoms with Gasteiger partial charge in [0.15, 0.2) is 11.0 Å². The van der Waals surface area contributed by atoms with Crippen molar-refractivity contribution in [3.05, 3.63) is 58.7 Å². The first kappa shape index (κ1) is 24.5. The van der Waals surface area contributed by atoms with Crippen molar-refractivity contribution < 1.29 is 9.59 Å². The van der Waals surface area contributed by atoms with E-state index in [0.717, 1.165) is 52.3 Å². The van der Waals surface area contributed by atoms with Crippen LogP contribution in [0.15, 0.2) is 41.6 Å². The molecule has 3 aromatic rings. The summed E-state index contributed by atoms with van der Waals surface area (Å²) >= 11 is 1.32. The van der Waals surface area contributed by atoms with Crippen LogP contribution < -0.4 is 10.6 Å². The van der Waals surface area contributed by atoms with Gasteiger partial charge in [-0.2, -0.15) is 0 Å². The second kappa shape index (κ2) is 11.1. The van der Waals surface area contributed by atoms with Crippen LogP contribution in [0.5, 0.6) is 0 Å². The second-order valence-electron chi connectivity index (χ2n) is 8.21. The van der Waals surface area contributed by atoms with Gasteiger partial charge in [-0.3, -0.25) is 9.59 Å². The van der Waals surface area contributed by atoms with Gasteiger partial charge in [0.1, 0.15) is 0 Å². The number of nitrogens with zero attached hydrogens (tertiary/aromatic N) is 3. The Labute approximate surface area is 199 Å². The quantitative estimate of drug-likeness (QED) is 0.456. The van der Waals surface area contributed by atoms with E-state index in [1.54, 1.807) is 0 Å². The zero-order chi connectivity index (χ0) is 24.0. The van der Waals surface area contributed by atoms with Crippen LogP contribution in [-0.4, -0.2) is 38.9 Å². The van der Waals surface area contributed by atoms with Gasteiger partial charge in [0.2, 0.25) is 11.8 Å². The van der Waals surface area contributed by atoms with Gasteiger partial charge in [0, 0.05) is 17.8 Å². The van der Waals surface area contributed by atoms with Crippen LogP contribution in [0.4, 0.5) is 5.69 Å². The van der Waals surface area contributed by atoms with Gasteiger partial charge in [-0.15, -0.1) is 10.2 Å². The second-order valence-corrected chi connectivity index (χ2v) is 9.16. The van der Waals surface area contributed by atoms with Gasteiger partial charge in [0.25, 0.3) is 0 Å². The first-order valence-corrected chi connectivity index (χ1v) is 12.0. The molecule has 0 unspecified atom stereocenters. The number of amides is 2. The Bertz CT molecular complexity index is 1130. The smallest absolute Gasteiger partial charge is 0.243 e. The first-order valence-electron chi connectivity index (χ1n) is 11.1. The van der Waals surface area contributed by atoms with Crippen LogP contribution in [0.25, 0.3) is 11.4 Å². The van der Waals surface area contributed by atoms with Crippen LogP contribution in [-0.2, 0) is 16.1 Å². The van der Waals surface area contributed by atoms with Crippen LogP contribution in [0.1, 0.15) is 35.6 Å². The molecule has 3 rings (SSSR count). The molecule has 0 saturated heterocycles. The van der Waals surface area contributed by atoms with Gasteiger partial charge >= 0.3 is 0 Å². The molecule has 1 heterocycles. The number of nitrogens with one attached hydrogen (secondary N) is 2. The highest BCUT2D eigenvalue weighted by Gasteiger charge is 2.16. The molecular weight excluding hydrogens is 434 g/mol. The molecule has 2 amide bonds. The van der Waals surface area contributed by atoms with Crippen molar-refractivity contribution in [3.63, 3.8) is 0 Å². The van der Waals surface area contributed by atoms with Crippen molar-refractivity contribution in [2.45, 2.75) is 52.7 Å². The SMILES string of the molecule is CCCn1c(SCC(=O)NCC(=O)Nc2c(C)cc(C)cc2C)nnc1-c1cccc(C)c1. The monoisotopic (exact) mass is 465 g/mol. The van der Waals surface area contributed by atoms with E-state index in [1.165, 1.54) is 11.8 Å². The van der Waals surface area contributed by atoms with Crippen molar-refractivity contribution in [2.75, 3.05) is 17.6 Å². The predicted octanol–water partition coefficient (Wildman–Crippen LogP) is 4.44. The number of benzene rings is 2. The predicted molar refractivity (Wildman–Crippen MR) is 134 cm³/mol. The summed E-state index contributed by atoms with van der Waals surface area (Å²) < 4.78 is 2.04. The fourth-order valence-electron chi connectivity index (χ4n) is 3.74. The van der Waals surface area contributed by atoms with Crippen molar-refractivity contribution in [1.29, 1.82) is 0 Å². The zero-order valence-corrected chi connectivity index (χ0v) is 20.7. The van der Waals surface area contributed by atoms with E-state index in [0.29, 0.717) is 5.16 Å². The lowest BCUT2D eigenvalue weighted by Gasteiger charge is -2.13. The highest BCUT2D eigenvalue weighted by molar-refractivity contribution is 7.99. The molecule has 7 nitrogen and oxygen atoms in total. The molecule has 0 atom stereocenters. The normalized spacial score (nSPS) is 10.8. The Hall–Kier alpha value is -3.13. The number of thioether (sulfide) groups is 1. The number of rotatable bonds is 9. The standard InChI is InChI=1S/C25H31N5O2S/c1-6-10-30-24(20-9-7-8-16(2)13-20)28-29-25(30)33-15-22(32)26-14-21(31)27-23-18(4)11-17(3)12-19(23)5/h7-9,11-13H,6,10,14-15H2,1-5H3,(H,26,32)(H,27,31). The molecule has 174 valence electrons. The molecule has 0 spiro atoms. The summed E-state index contributed by atoms with van der Waals surface area (Å²) in [6, 6.07) is 12.2. The summed E-state index contributed by atoms with van der Waals surface area (Å²) in [5.74, 6) is 0.479. The van der Waals surface area contributed by atoms with Gasteiger partial charge < -0.3 is 15.2 Å². The largest absolute Gasteiger partial charge is 0.346 e. The number of carbonyl (C=O) groups is 2. The Morgan fingerprint density at radius 2 is 1.70 bits per heavy atom. The van der Waals surface area contributed by atoms with Crippen molar-refractivity contribution in [1.82, 2.24) is 20.1 Å². The minimum Gasteiger partial charge on any atom is -0.346 e. The molecule has 0 aliphatic carbocycles. The maximum Gasteiger partial charge on any atom is 0.243 e. The molecule has 1 aromatic heterocycles. The lowest BCUT2D eigenvalue weighted by atomic mass is 10.1. The van der Waals surface area contributed by atoms with Crippen LogP contribution in [0.3, 0.4) is 0 Å². The Morgan fingerprint density at radius 3 is 2.36 bits per heavy atom. The van der Waals surface area contributed by atoms with E-state index < -0.39 is 0 Å². The van der Waals surface area contributed by atoms with Gasteiger partial charge in [-0.1, -0.05) is 60.1 Å². The average Bonchev–Trinajstić information content (AvgIpc) is 3.16. The van der Waals surface area contributed by atoms with Gasteiger partial charge in [0.05, 0.1) is 12.3 Å². The Balaban J connectivity index is 1.57. The van der Waals surface area contributed by atoms with Crippen molar-refractivity contribution >= 4 is 29.3 Å². The highest BCUT2D eigenvalue weighted by atomic mass is 32.2. The maximum absolute atomic E-state index is 12.4. The Morgan fingerprint density at radius 1 is 0.970 bits per heavy atom. The van der Waals surface area contributed by atoms with E-state index in [4.69, 9.17) is 0 Å². The maximum atomic E-state index is 12.4. The third kappa shape index (κ3) is 6.44. The molecule has 0 aliphatic rings. The number of hydrogen-bond donors (Lipinski definition) is 2. The summed E-state index contributed by atoms with van der Waals surface area (Å²) in [6.45, 7) is 10.8. The third-order valence-corrected chi connectivity index (χ3v) is 6.13. The Kier molecular flexibility index (Phi) is 8.27. The fourth-order valence-corrected chi connectivity index (χ4v) is 4.53. The average molecular weight is 466 g/mol. The number of aryl methyl sites for hydroxylation is 4. The molecule has 0 fully saturated rings. The lowest BCUT2D eigenvalue weighted by Crippen LogP contribution is -2.34. The van der Waals surface area contributed by atoms with Gasteiger partial charge in [-0.05, 0) is 51.3 Å². The summed E-state index contributed by atoms with van der Waals surface area (Å²) in [7, 11) is 0. The van der Waals surface area contributed by atoms with Crippen LogP contribution in [0, 0.1) is 27.7 Å². The molecule has 33 heavy (non-hydrogen) atoms. The summed E-state index contributed by atoms with van der Waals surface area (Å²) in [5, 5.41) is 15.0. The summed E-state index contributed by atoms with van der Waals surface area (Å²) in [5.41, 5.74) is 6.11.